The molecule has 21 heavy (non-hydrogen) atoms. The fourth-order valence-corrected chi connectivity index (χ4v) is 2.77. The van der Waals surface area contributed by atoms with E-state index in [9.17, 15) is 0 Å². The predicted molar refractivity (Wildman–Crippen MR) is 86.7 cm³/mol. The second kappa shape index (κ2) is 8.81. The zero-order chi connectivity index (χ0) is 15.1. The summed E-state index contributed by atoms with van der Waals surface area (Å²) < 4.78 is 11.5. The van der Waals surface area contributed by atoms with Gasteiger partial charge in [-0.25, -0.2) is 0 Å². The molecule has 0 bridgehead atoms. The van der Waals surface area contributed by atoms with Gasteiger partial charge in [-0.1, -0.05) is 23.2 Å². The van der Waals surface area contributed by atoms with Crippen molar-refractivity contribution in [2.24, 2.45) is 0 Å². The van der Waals surface area contributed by atoms with Crippen LogP contribution in [0.1, 0.15) is 6.42 Å². The molecule has 1 fully saturated rings. The van der Waals surface area contributed by atoms with E-state index in [0.29, 0.717) is 15.8 Å². The van der Waals surface area contributed by atoms with E-state index in [0.717, 1.165) is 45.8 Å². The van der Waals surface area contributed by atoms with Crippen LogP contribution in [0, 0.1) is 0 Å². The first-order valence-electron chi connectivity index (χ1n) is 7.25. The fourth-order valence-electron chi connectivity index (χ4n) is 2.31. The van der Waals surface area contributed by atoms with Gasteiger partial charge >= 0.3 is 0 Å². The number of hydrogen-bond acceptors (Lipinski definition) is 4. The lowest BCUT2D eigenvalue weighted by Crippen LogP contribution is -2.43. The molecule has 0 saturated carbocycles. The monoisotopic (exact) mass is 332 g/mol. The van der Waals surface area contributed by atoms with E-state index in [1.807, 2.05) is 13.1 Å². The Morgan fingerprint density at radius 3 is 2.76 bits per heavy atom. The Labute approximate surface area is 136 Å². The molecular formula is C15H22Cl2N2O2. The molecular weight excluding hydrogens is 311 g/mol. The maximum Gasteiger partial charge on any atom is 0.138 e. The number of nitrogens with one attached hydrogen (secondary N) is 1. The quantitative estimate of drug-likeness (QED) is 0.832. The molecule has 1 aliphatic rings. The van der Waals surface area contributed by atoms with Gasteiger partial charge in [-0.3, -0.25) is 4.90 Å². The summed E-state index contributed by atoms with van der Waals surface area (Å²) in [6.45, 7) is 5.27. The second-order valence-electron chi connectivity index (χ2n) is 5.12. The molecule has 1 aromatic rings. The summed E-state index contributed by atoms with van der Waals surface area (Å²) in [6, 6.07) is 5.34. The molecule has 4 nitrogen and oxygen atoms in total. The van der Waals surface area contributed by atoms with Crippen LogP contribution in [0.15, 0.2) is 18.2 Å². The number of rotatable bonds is 7. The molecule has 1 aliphatic heterocycles. The van der Waals surface area contributed by atoms with Gasteiger partial charge in [-0.05, 0) is 38.2 Å². The highest BCUT2D eigenvalue weighted by Crippen LogP contribution is 2.28. The fraction of sp³-hybridized carbons (Fsp3) is 0.600. The zero-order valence-corrected chi connectivity index (χ0v) is 13.8. The van der Waals surface area contributed by atoms with Gasteiger partial charge in [0, 0.05) is 24.7 Å². The lowest BCUT2D eigenvalue weighted by atomic mass is 10.2. The normalized spacial score (nSPS) is 17.7. The Bertz CT molecular complexity index is 440. The molecule has 2 rings (SSSR count). The van der Waals surface area contributed by atoms with E-state index in [1.165, 1.54) is 0 Å². The molecule has 0 spiro atoms. The lowest BCUT2D eigenvalue weighted by Gasteiger charge is -2.31. The standard InChI is InChI=1S/C15H22Cl2N2O2/c1-18-5-4-13(11-19-6-8-20-9-7-19)21-15-3-2-12(16)10-14(15)17/h2-3,10,13,18H,4-9,11H2,1H3/t13-/m1/s1. The molecule has 1 N–H and O–H groups in total. The first-order chi connectivity index (χ1) is 10.2. The van der Waals surface area contributed by atoms with Crippen molar-refractivity contribution < 1.29 is 9.47 Å². The van der Waals surface area contributed by atoms with Crippen LogP contribution in [-0.4, -0.2) is 57.4 Å². The van der Waals surface area contributed by atoms with Crippen LogP contribution in [0.5, 0.6) is 5.75 Å². The maximum absolute atomic E-state index is 6.19. The first-order valence-corrected chi connectivity index (χ1v) is 8.01. The molecule has 1 heterocycles. The minimum atomic E-state index is 0.0919. The van der Waals surface area contributed by atoms with Crippen LogP contribution < -0.4 is 10.1 Å². The number of benzene rings is 1. The van der Waals surface area contributed by atoms with Crippen LogP contribution in [0.2, 0.25) is 10.0 Å². The van der Waals surface area contributed by atoms with Crippen molar-refractivity contribution in [2.45, 2.75) is 12.5 Å². The summed E-state index contributed by atoms with van der Waals surface area (Å²) >= 11 is 12.1. The summed E-state index contributed by atoms with van der Waals surface area (Å²) in [7, 11) is 1.95. The van der Waals surface area contributed by atoms with E-state index in [4.69, 9.17) is 32.7 Å². The van der Waals surface area contributed by atoms with Gasteiger partial charge in [0.2, 0.25) is 0 Å². The van der Waals surface area contributed by atoms with Crippen LogP contribution >= 0.6 is 23.2 Å². The van der Waals surface area contributed by atoms with Crippen molar-refractivity contribution >= 4 is 23.2 Å². The van der Waals surface area contributed by atoms with Crippen LogP contribution in [0.3, 0.4) is 0 Å². The van der Waals surface area contributed by atoms with Gasteiger partial charge in [0.25, 0.3) is 0 Å². The van der Waals surface area contributed by atoms with Gasteiger partial charge < -0.3 is 14.8 Å². The molecule has 0 unspecified atom stereocenters. The largest absolute Gasteiger partial charge is 0.487 e. The highest BCUT2D eigenvalue weighted by Gasteiger charge is 2.19. The number of nitrogens with zero attached hydrogens (tertiary/aromatic N) is 1. The van der Waals surface area contributed by atoms with E-state index in [1.54, 1.807) is 12.1 Å². The van der Waals surface area contributed by atoms with Crippen molar-refractivity contribution in [1.29, 1.82) is 0 Å². The first kappa shape index (κ1) is 16.8. The molecule has 6 heteroatoms. The number of halogens is 2. The van der Waals surface area contributed by atoms with Crippen molar-refractivity contribution in [3.63, 3.8) is 0 Å². The summed E-state index contributed by atoms with van der Waals surface area (Å²) in [5.74, 6) is 0.690. The van der Waals surface area contributed by atoms with Crippen LogP contribution in [0.4, 0.5) is 0 Å². The highest BCUT2D eigenvalue weighted by atomic mass is 35.5. The second-order valence-corrected chi connectivity index (χ2v) is 5.96. The third-order valence-corrected chi connectivity index (χ3v) is 4.00. The van der Waals surface area contributed by atoms with Crippen LogP contribution in [-0.2, 0) is 4.74 Å². The summed E-state index contributed by atoms with van der Waals surface area (Å²) in [5.41, 5.74) is 0. The smallest absolute Gasteiger partial charge is 0.138 e. The molecule has 0 radical (unpaired) electrons. The lowest BCUT2D eigenvalue weighted by molar-refractivity contribution is 0.0181. The molecule has 0 aromatic heterocycles. The number of hydrogen-bond donors (Lipinski definition) is 1. The Hall–Kier alpha value is -0.520. The Morgan fingerprint density at radius 2 is 2.10 bits per heavy atom. The molecule has 0 aliphatic carbocycles. The molecule has 1 atom stereocenters. The van der Waals surface area contributed by atoms with E-state index >= 15 is 0 Å². The predicted octanol–water partition coefficient (Wildman–Crippen LogP) is 2.68. The van der Waals surface area contributed by atoms with Gasteiger partial charge in [0.05, 0.1) is 18.2 Å². The van der Waals surface area contributed by atoms with Gasteiger partial charge in [0.15, 0.2) is 0 Å². The minimum absolute atomic E-state index is 0.0919. The SMILES string of the molecule is CNCC[C@H](CN1CCOCC1)Oc1ccc(Cl)cc1Cl. The van der Waals surface area contributed by atoms with Gasteiger partial charge in [0.1, 0.15) is 11.9 Å². The van der Waals surface area contributed by atoms with E-state index in [2.05, 4.69) is 10.2 Å². The van der Waals surface area contributed by atoms with Gasteiger partial charge in [-0.2, -0.15) is 0 Å². The maximum atomic E-state index is 6.19. The molecule has 118 valence electrons. The van der Waals surface area contributed by atoms with Gasteiger partial charge in [-0.15, -0.1) is 0 Å². The average Bonchev–Trinajstić information content (AvgIpc) is 2.48. The van der Waals surface area contributed by atoms with Crippen molar-refractivity contribution in [3.05, 3.63) is 28.2 Å². The Kier molecular flexibility index (Phi) is 7.07. The van der Waals surface area contributed by atoms with Crippen molar-refractivity contribution in [2.75, 3.05) is 46.4 Å². The molecule has 1 saturated heterocycles. The molecule has 1 aromatic carbocycles. The van der Waals surface area contributed by atoms with E-state index < -0.39 is 0 Å². The third kappa shape index (κ3) is 5.64. The number of ether oxygens (including phenoxy) is 2. The van der Waals surface area contributed by atoms with Crippen molar-refractivity contribution in [3.8, 4) is 5.75 Å². The van der Waals surface area contributed by atoms with Crippen molar-refractivity contribution in [1.82, 2.24) is 10.2 Å². The summed E-state index contributed by atoms with van der Waals surface area (Å²) in [5, 5.41) is 4.34. The topological polar surface area (TPSA) is 33.7 Å². The minimum Gasteiger partial charge on any atom is -0.487 e. The summed E-state index contributed by atoms with van der Waals surface area (Å²) in [4.78, 5) is 2.37. The Morgan fingerprint density at radius 1 is 1.33 bits per heavy atom. The third-order valence-electron chi connectivity index (χ3n) is 3.47. The average molecular weight is 333 g/mol. The van der Waals surface area contributed by atoms with E-state index in [-0.39, 0.29) is 6.10 Å². The summed E-state index contributed by atoms with van der Waals surface area (Å²) in [6.07, 6.45) is 1.02. The molecule has 0 amide bonds. The highest BCUT2D eigenvalue weighted by molar-refractivity contribution is 6.35. The van der Waals surface area contributed by atoms with Crippen LogP contribution in [0.25, 0.3) is 0 Å². The Balaban J connectivity index is 1.97. The zero-order valence-electron chi connectivity index (χ0n) is 12.3. The number of morpholine rings is 1.